The summed E-state index contributed by atoms with van der Waals surface area (Å²) in [6.45, 7) is 4.49. The van der Waals surface area contributed by atoms with Crippen molar-refractivity contribution < 1.29 is 28.5 Å². The van der Waals surface area contributed by atoms with Crippen LogP contribution in [0.25, 0.3) is 0 Å². The first-order valence-electron chi connectivity index (χ1n) is 10.7. The summed E-state index contributed by atoms with van der Waals surface area (Å²) in [6.07, 6.45) is 0.353. The first kappa shape index (κ1) is 23.0. The quantitative estimate of drug-likeness (QED) is 0.419. The van der Waals surface area contributed by atoms with Gasteiger partial charge in [0.2, 0.25) is 0 Å². The highest BCUT2D eigenvalue weighted by molar-refractivity contribution is 5.89. The maximum Gasteiger partial charge on any atom is 0.338 e. The molecule has 0 amide bonds. The van der Waals surface area contributed by atoms with Crippen molar-refractivity contribution in [3.8, 4) is 0 Å². The van der Waals surface area contributed by atoms with Gasteiger partial charge in [0.25, 0.3) is 0 Å². The Hall–Kier alpha value is -2.70. The topological polar surface area (TPSA) is 71.1 Å². The zero-order valence-electron chi connectivity index (χ0n) is 18.1. The lowest BCUT2D eigenvalue weighted by atomic mass is 9.92. The molecule has 1 fully saturated rings. The van der Waals surface area contributed by atoms with Crippen LogP contribution in [0.4, 0.5) is 0 Å². The van der Waals surface area contributed by atoms with Gasteiger partial charge in [0.1, 0.15) is 12.7 Å². The molecule has 1 aliphatic heterocycles. The molecule has 166 valence electrons. The summed E-state index contributed by atoms with van der Waals surface area (Å²) in [7, 11) is 0. The van der Waals surface area contributed by atoms with Crippen molar-refractivity contribution in [3.05, 3.63) is 71.8 Å². The average molecular weight is 427 g/mol. The molecular weight excluding hydrogens is 396 g/mol. The summed E-state index contributed by atoms with van der Waals surface area (Å²) in [4.78, 5) is 24.0. The average Bonchev–Trinajstić information content (AvgIpc) is 3.12. The highest BCUT2D eigenvalue weighted by atomic mass is 16.6. The third kappa shape index (κ3) is 6.64. The highest BCUT2D eigenvalue weighted by Crippen LogP contribution is 2.34. The fourth-order valence-corrected chi connectivity index (χ4v) is 3.89. The number of rotatable bonds is 10. The first-order valence-corrected chi connectivity index (χ1v) is 10.7. The predicted octanol–water partition coefficient (Wildman–Crippen LogP) is 4.18. The van der Waals surface area contributed by atoms with E-state index in [9.17, 15) is 9.59 Å². The van der Waals surface area contributed by atoms with E-state index in [1.54, 1.807) is 24.3 Å². The number of ether oxygens (including phenoxy) is 4. The predicted molar refractivity (Wildman–Crippen MR) is 115 cm³/mol. The van der Waals surface area contributed by atoms with Crippen LogP contribution >= 0.6 is 0 Å². The van der Waals surface area contributed by atoms with E-state index < -0.39 is 5.97 Å². The fraction of sp³-hybridized carbons (Fsp3) is 0.440. The van der Waals surface area contributed by atoms with Crippen molar-refractivity contribution in [2.45, 2.75) is 51.6 Å². The summed E-state index contributed by atoms with van der Waals surface area (Å²) < 4.78 is 23.1. The SMILES string of the molecule is CCC1OC(COC(=O)c2ccccc2)C(CCOCc2ccccc2)C1OC(C)=O. The van der Waals surface area contributed by atoms with Crippen molar-refractivity contribution in [3.63, 3.8) is 0 Å². The lowest BCUT2D eigenvalue weighted by Crippen LogP contribution is -2.34. The van der Waals surface area contributed by atoms with Gasteiger partial charge >= 0.3 is 11.9 Å². The largest absolute Gasteiger partial charge is 0.459 e. The van der Waals surface area contributed by atoms with Crippen LogP contribution < -0.4 is 0 Å². The Morgan fingerprint density at radius 1 is 0.968 bits per heavy atom. The molecule has 0 N–H and O–H groups in total. The van der Waals surface area contributed by atoms with Crippen LogP contribution in [0.2, 0.25) is 0 Å². The summed E-state index contributed by atoms with van der Waals surface area (Å²) >= 11 is 0. The number of hydrogen-bond acceptors (Lipinski definition) is 6. The van der Waals surface area contributed by atoms with Crippen LogP contribution in [0, 0.1) is 5.92 Å². The van der Waals surface area contributed by atoms with Crippen molar-refractivity contribution in [2.24, 2.45) is 5.92 Å². The Morgan fingerprint density at radius 3 is 2.29 bits per heavy atom. The van der Waals surface area contributed by atoms with E-state index in [1.807, 2.05) is 43.3 Å². The van der Waals surface area contributed by atoms with Gasteiger partial charge in [0, 0.05) is 19.4 Å². The smallest absolute Gasteiger partial charge is 0.338 e. The van der Waals surface area contributed by atoms with Gasteiger partial charge in [-0.3, -0.25) is 4.79 Å². The molecule has 6 nitrogen and oxygen atoms in total. The van der Waals surface area contributed by atoms with Crippen LogP contribution in [-0.2, 0) is 30.3 Å². The number of hydrogen-bond donors (Lipinski definition) is 0. The molecule has 2 aromatic carbocycles. The summed E-state index contributed by atoms with van der Waals surface area (Å²) in [5.41, 5.74) is 1.59. The molecule has 0 spiro atoms. The van der Waals surface area contributed by atoms with Gasteiger partial charge in [-0.05, 0) is 30.5 Å². The Morgan fingerprint density at radius 2 is 1.65 bits per heavy atom. The standard InChI is InChI=1S/C25H30O6/c1-3-22-24(30-18(2)26)21(14-15-28-16-19-10-6-4-7-11-19)23(31-22)17-29-25(27)20-12-8-5-9-13-20/h4-13,21-24H,3,14-17H2,1-2H3. The van der Waals surface area contributed by atoms with Gasteiger partial charge in [-0.15, -0.1) is 0 Å². The van der Waals surface area contributed by atoms with Crippen molar-refractivity contribution in [1.29, 1.82) is 0 Å². The third-order valence-electron chi connectivity index (χ3n) is 5.42. The molecule has 6 heteroatoms. The molecule has 1 saturated heterocycles. The molecule has 4 unspecified atom stereocenters. The normalized spacial score (nSPS) is 22.8. The van der Waals surface area contributed by atoms with Gasteiger partial charge in [-0.2, -0.15) is 0 Å². The minimum Gasteiger partial charge on any atom is -0.459 e. The summed E-state index contributed by atoms with van der Waals surface area (Å²) in [5, 5.41) is 0. The van der Waals surface area contributed by atoms with E-state index in [1.165, 1.54) is 6.92 Å². The third-order valence-corrected chi connectivity index (χ3v) is 5.42. The van der Waals surface area contributed by atoms with Gasteiger partial charge < -0.3 is 18.9 Å². The molecule has 2 aromatic rings. The van der Waals surface area contributed by atoms with E-state index in [0.29, 0.717) is 31.6 Å². The fourth-order valence-electron chi connectivity index (χ4n) is 3.89. The lowest BCUT2D eigenvalue weighted by molar-refractivity contribution is -0.151. The van der Waals surface area contributed by atoms with Crippen LogP contribution in [0.3, 0.4) is 0 Å². The Labute approximate surface area is 183 Å². The maximum absolute atomic E-state index is 12.3. The monoisotopic (exact) mass is 426 g/mol. The van der Waals surface area contributed by atoms with E-state index >= 15 is 0 Å². The molecule has 0 aliphatic carbocycles. The van der Waals surface area contributed by atoms with Gasteiger partial charge in [0.05, 0.1) is 24.4 Å². The molecule has 3 rings (SSSR count). The molecule has 0 aromatic heterocycles. The first-order chi connectivity index (χ1) is 15.1. The number of esters is 2. The Kier molecular flexibility index (Phi) is 8.62. The Balaban J connectivity index is 1.60. The highest BCUT2D eigenvalue weighted by Gasteiger charge is 2.46. The minimum atomic E-state index is -0.396. The summed E-state index contributed by atoms with van der Waals surface area (Å²) in [5.74, 6) is -0.857. The van der Waals surface area contributed by atoms with Crippen LogP contribution in [0.1, 0.15) is 42.6 Å². The Bertz CT molecular complexity index is 822. The molecule has 1 aliphatic rings. The number of carbonyl (C=O) groups is 2. The van der Waals surface area contributed by atoms with Gasteiger partial charge in [-0.25, -0.2) is 4.79 Å². The zero-order chi connectivity index (χ0) is 22.1. The molecule has 1 heterocycles. The zero-order valence-corrected chi connectivity index (χ0v) is 18.1. The number of benzene rings is 2. The van der Waals surface area contributed by atoms with Crippen LogP contribution in [-0.4, -0.2) is 43.5 Å². The van der Waals surface area contributed by atoms with Crippen LogP contribution in [0.5, 0.6) is 0 Å². The van der Waals surface area contributed by atoms with E-state index in [4.69, 9.17) is 18.9 Å². The van der Waals surface area contributed by atoms with Crippen molar-refractivity contribution >= 4 is 11.9 Å². The minimum absolute atomic E-state index is 0.103. The van der Waals surface area contributed by atoms with E-state index in [2.05, 4.69) is 0 Å². The van der Waals surface area contributed by atoms with Crippen LogP contribution in [0.15, 0.2) is 60.7 Å². The number of carbonyl (C=O) groups excluding carboxylic acids is 2. The molecule has 31 heavy (non-hydrogen) atoms. The second-order valence-corrected chi connectivity index (χ2v) is 7.65. The molecule has 0 bridgehead atoms. The van der Waals surface area contributed by atoms with E-state index in [0.717, 1.165) is 5.56 Å². The molecule has 4 atom stereocenters. The van der Waals surface area contributed by atoms with Crippen molar-refractivity contribution in [1.82, 2.24) is 0 Å². The maximum atomic E-state index is 12.3. The lowest BCUT2D eigenvalue weighted by Gasteiger charge is -2.23. The molecular formula is C25H30O6. The molecule has 0 radical (unpaired) electrons. The van der Waals surface area contributed by atoms with Crippen molar-refractivity contribution in [2.75, 3.05) is 13.2 Å². The molecule has 0 saturated carbocycles. The second kappa shape index (κ2) is 11.6. The van der Waals surface area contributed by atoms with Gasteiger partial charge in [-0.1, -0.05) is 55.5 Å². The summed E-state index contributed by atoms with van der Waals surface area (Å²) in [6, 6.07) is 18.8. The van der Waals surface area contributed by atoms with Gasteiger partial charge in [0.15, 0.2) is 0 Å². The van der Waals surface area contributed by atoms with E-state index in [-0.39, 0.29) is 36.8 Å². The second-order valence-electron chi connectivity index (χ2n) is 7.65.